The zero-order valence-electron chi connectivity index (χ0n) is 14.2. The van der Waals surface area contributed by atoms with E-state index in [9.17, 15) is 14.4 Å². The smallest absolute Gasteiger partial charge is 0.307 e. The number of carboxylic acid groups (broad SMARTS) is 1. The highest BCUT2D eigenvalue weighted by molar-refractivity contribution is 5.86. The Hall–Kier alpha value is -1.59. The van der Waals surface area contributed by atoms with Crippen molar-refractivity contribution in [1.82, 2.24) is 9.80 Å². The fraction of sp³-hybridized carbons (Fsp3) is 0.824. The molecule has 0 aromatic heterocycles. The Morgan fingerprint density at radius 3 is 2.17 bits per heavy atom. The highest BCUT2D eigenvalue weighted by Crippen LogP contribution is 2.36. The fourth-order valence-electron chi connectivity index (χ4n) is 3.49. The van der Waals surface area contributed by atoms with Crippen LogP contribution in [0.5, 0.6) is 0 Å². The molecule has 1 saturated carbocycles. The molecule has 23 heavy (non-hydrogen) atoms. The molecule has 1 heterocycles. The highest BCUT2D eigenvalue weighted by Gasteiger charge is 2.43. The van der Waals surface area contributed by atoms with Crippen LogP contribution >= 0.6 is 0 Å². The van der Waals surface area contributed by atoms with Crippen LogP contribution in [0.1, 0.15) is 45.4 Å². The van der Waals surface area contributed by atoms with E-state index in [1.54, 1.807) is 9.80 Å². The van der Waals surface area contributed by atoms with E-state index in [0.29, 0.717) is 38.8 Å². The van der Waals surface area contributed by atoms with Crippen molar-refractivity contribution in [3.8, 4) is 0 Å². The van der Waals surface area contributed by atoms with E-state index in [1.165, 1.54) is 0 Å². The van der Waals surface area contributed by atoms with Gasteiger partial charge in [-0.1, -0.05) is 13.3 Å². The molecule has 1 saturated heterocycles. The molecule has 6 nitrogen and oxygen atoms in total. The van der Waals surface area contributed by atoms with E-state index in [0.717, 1.165) is 19.4 Å². The van der Waals surface area contributed by atoms with Gasteiger partial charge in [0, 0.05) is 32.6 Å². The van der Waals surface area contributed by atoms with Gasteiger partial charge < -0.3 is 14.9 Å². The monoisotopic (exact) mass is 324 g/mol. The first-order valence-electron chi connectivity index (χ1n) is 8.72. The van der Waals surface area contributed by atoms with Crippen molar-refractivity contribution in [3.63, 3.8) is 0 Å². The van der Waals surface area contributed by atoms with Gasteiger partial charge in [-0.2, -0.15) is 0 Å². The van der Waals surface area contributed by atoms with Crippen LogP contribution in [0.15, 0.2) is 0 Å². The third-order valence-electron chi connectivity index (χ3n) is 5.29. The second kappa shape index (κ2) is 7.79. The van der Waals surface area contributed by atoms with Crippen molar-refractivity contribution in [2.75, 3.05) is 26.7 Å². The summed E-state index contributed by atoms with van der Waals surface area (Å²) >= 11 is 0. The zero-order valence-corrected chi connectivity index (χ0v) is 14.2. The number of rotatable bonds is 6. The SMILES string of the molecule is CCCCN(C)C(=O)C1CCN(C(=O)C2CCC2C(=O)O)CC1. The first-order valence-corrected chi connectivity index (χ1v) is 8.72. The van der Waals surface area contributed by atoms with Crippen LogP contribution in [-0.2, 0) is 14.4 Å². The standard InChI is InChI=1S/C17H28N2O4/c1-3-4-9-18(2)15(20)12-7-10-19(11-8-12)16(21)13-5-6-14(13)17(22)23/h12-14H,3-11H2,1-2H3,(H,22,23). The zero-order chi connectivity index (χ0) is 17.0. The van der Waals surface area contributed by atoms with Crippen molar-refractivity contribution in [1.29, 1.82) is 0 Å². The largest absolute Gasteiger partial charge is 0.481 e. The lowest BCUT2D eigenvalue weighted by Gasteiger charge is -2.39. The quantitative estimate of drug-likeness (QED) is 0.805. The van der Waals surface area contributed by atoms with Crippen LogP contribution < -0.4 is 0 Å². The number of hydrogen-bond acceptors (Lipinski definition) is 3. The number of unbranched alkanes of at least 4 members (excludes halogenated alkanes) is 1. The molecule has 2 amide bonds. The first-order chi connectivity index (χ1) is 11.0. The molecule has 1 aliphatic carbocycles. The third-order valence-corrected chi connectivity index (χ3v) is 5.29. The molecule has 2 fully saturated rings. The Morgan fingerprint density at radius 1 is 1.09 bits per heavy atom. The maximum absolute atomic E-state index is 12.4. The number of amides is 2. The molecule has 1 N–H and O–H groups in total. The lowest BCUT2D eigenvalue weighted by atomic mass is 9.72. The van der Waals surface area contributed by atoms with E-state index in [-0.39, 0.29) is 23.7 Å². The first kappa shape index (κ1) is 17.8. The highest BCUT2D eigenvalue weighted by atomic mass is 16.4. The summed E-state index contributed by atoms with van der Waals surface area (Å²) in [6.45, 7) is 4.03. The summed E-state index contributed by atoms with van der Waals surface area (Å²) < 4.78 is 0. The van der Waals surface area contributed by atoms with Crippen LogP contribution in [0, 0.1) is 17.8 Å². The average Bonchev–Trinajstić information content (AvgIpc) is 2.50. The van der Waals surface area contributed by atoms with Crippen LogP contribution in [0.25, 0.3) is 0 Å². The Balaban J connectivity index is 1.80. The minimum absolute atomic E-state index is 0.00225. The molecule has 2 atom stereocenters. The Labute approximate surface area is 137 Å². The second-order valence-electron chi connectivity index (χ2n) is 6.84. The van der Waals surface area contributed by atoms with Gasteiger partial charge in [-0.05, 0) is 32.1 Å². The summed E-state index contributed by atoms with van der Waals surface area (Å²) in [6, 6.07) is 0. The van der Waals surface area contributed by atoms with Gasteiger partial charge in [0.1, 0.15) is 0 Å². The van der Waals surface area contributed by atoms with Crippen molar-refractivity contribution < 1.29 is 19.5 Å². The molecule has 0 radical (unpaired) electrons. The van der Waals surface area contributed by atoms with Gasteiger partial charge in [0.2, 0.25) is 11.8 Å². The summed E-state index contributed by atoms with van der Waals surface area (Å²) in [5.74, 6) is -1.59. The normalized spacial score (nSPS) is 24.9. The molecule has 0 aromatic rings. The van der Waals surface area contributed by atoms with E-state index in [2.05, 4.69) is 6.92 Å². The number of nitrogens with zero attached hydrogens (tertiary/aromatic N) is 2. The van der Waals surface area contributed by atoms with Crippen LogP contribution in [0.2, 0.25) is 0 Å². The molecule has 0 bridgehead atoms. The van der Waals surface area contributed by atoms with Gasteiger partial charge in [0.05, 0.1) is 11.8 Å². The van der Waals surface area contributed by atoms with E-state index >= 15 is 0 Å². The predicted molar refractivity (Wildman–Crippen MR) is 85.7 cm³/mol. The fourth-order valence-corrected chi connectivity index (χ4v) is 3.49. The number of piperidine rings is 1. The topological polar surface area (TPSA) is 77.9 Å². The number of likely N-dealkylation sites (tertiary alicyclic amines) is 1. The Kier molecular flexibility index (Phi) is 6.02. The second-order valence-corrected chi connectivity index (χ2v) is 6.84. The molecule has 2 unspecified atom stereocenters. The van der Waals surface area contributed by atoms with Crippen LogP contribution in [0.3, 0.4) is 0 Å². The number of carbonyl (C=O) groups is 3. The van der Waals surface area contributed by atoms with Crippen molar-refractivity contribution >= 4 is 17.8 Å². The third kappa shape index (κ3) is 4.03. The molecule has 130 valence electrons. The Bertz CT molecular complexity index is 458. The molecular formula is C17H28N2O4. The van der Waals surface area contributed by atoms with Gasteiger partial charge in [-0.15, -0.1) is 0 Å². The van der Waals surface area contributed by atoms with Gasteiger partial charge in [-0.25, -0.2) is 0 Å². The number of carboxylic acids is 1. The summed E-state index contributed by atoms with van der Waals surface area (Å²) in [4.78, 5) is 39.4. The lowest BCUT2D eigenvalue weighted by molar-refractivity contribution is -0.157. The summed E-state index contributed by atoms with van der Waals surface area (Å²) in [5.41, 5.74) is 0. The summed E-state index contributed by atoms with van der Waals surface area (Å²) in [6.07, 6.45) is 4.73. The Morgan fingerprint density at radius 2 is 1.70 bits per heavy atom. The maximum atomic E-state index is 12.4. The minimum Gasteiger partial charge on any atom is -0.481 e. The van der Waals surface area contributed by atoms with Crippen LogP contribution in [-0.4, -0.2) is 59.4 Å². The van der Waals surface area contributed by atoms with Crippen molar-refractivity contribution in [2.24, 2.45) is 17.8 Å². The minimum atomic E-state index is -0.864. The van der Waals surface area contributed by atoms with E-state index < -0.39 is 11.9 Å². The molecule has 6 heteroatoms. The molecule has 0 aromatic carbocycles. The number of hydrogen-bond donors (Lipinski definition) is 1. The van der Waals surface area contributed by atoms with Crippen molar-refractivity contribution in [2.45, 2.75) is 45.4 Å². The molecular weight excluding hydrogens is 296 g/mol. The van der Waals surface area contributed by atoms with Gasteiger partial charge in [0.25, 0.3) is 0 Å². The van der Waals surface area contributed by atoms with Gasteiger partial charge >= 0.3 is 5.97 Å². The summed E-state index contributed by atoms with van der Waals surface area (Å²) in [5, 5.41) is 9.08. The number of carbonyl (C=O) groups excluding carboxylic acids is 2. The van der Waals surface area contributed by atoms with Crippen molar-refractivity contribution in [3.05, 3.63) is 0 Å². The molecule has 2 aliphatic rings. The lowest BCUT2D eigenvalue weighted by Crippen LogP contribution is -2.50. The van der Waals surface area contributed by atoms with Gasteiger partial charge in [-0.3, -0.25) is 14.4 Å². The molecule has 2 rings (SSSR count). The maximum Gasteiger partial charge on any atom is 0.307 e. The summed E-state index contributed by atoms with van der Waals surface area (Å²) in [7, 11) is 1.85. The van der Waals surface area contributed by atoms with E-state index in [4.69, 9.17) is 5.11 Å². The predicted octanol–water partition coefficient (Wildman–Crippen LogP) is 1.59. The van der Waals surface area contributed by atoms with Gasteiger partial charge in [0.15, 0.2) is 0 Å². The van der Waals surface area contributed by atoms with E-state index in [1.807, 2.05) is 7.05 Å². The molecule has 1 aliphatic heterocycles. The number of aliphatic carboxylic acids is 1. The van der Waals surface area contributed by atoms with Crippen LogP contribution in [0.4, 0.5) is 0 Å². The average molecular weight is 324 g/mol. The molecule has 0 spiro atoms.